The number of hydrogen-bond donors (Lipinski definition) is 0. The second-order valence-corrected chi connectivity index (χ2v) is 7.34. The van der Waals surface area contributed by atoms with Crippen molar-refractivity contribution in [3.63, 3.8) is 0 Å². The minimum absolute atomic E-state index is 0.105. The maximum atomic E-state index is 13.4. The zero-order valence-electron chi connectivity index (χ0n) is 16.9. The Labute approximate surface area is 176 Å². The number of aromatic nitrogens is 4. The average molecular weight is 417 g/mol. The molecule has 0 aliphatic heterocycles. The zero-order chi connectivity index (χ0) is 22.1. The normalized spacial score (nSPS) is 12.1. The van der Waals surface area contributed by atoms with E-state index in [1.807, 2.05) is 26.0 Å². The van der Waals surface area contributed by atoms with Crippen molar-refractivity contribution in [1.82, 2.24) is 19.1 Å². The fourth-order valence-electron chi connectivity index (χ4n) is 3.52. The van der Waals surface area contributed by atoms with E-state index in [9.17, 15) is 19.7 Å². The molecule has 1 aromatic carbocycles. The lowest BCUT2D eigenvalue weighted by Gasteiger charge is -2.16. The first-order chi connectivity index (χ1) is 14.9. The molecule has 0 fully saturated rings. The Morgan fingerprint density at radius 2 is 1.87 bits per heavy atom. The lowest BCUT2D eigenvalue weighted by Crippen LogP contribution is -2.40. The van der Waals surface area contributed by atoms with E-state index < -0.39 is 16.2 Å². The molecule has 156 valence electrons. The molecule has 1 atom stereocenters. The first kappa shape index (κ1) is 20.1. The van der Waals surface area contributed by atoms with Crippen molar-refractivity contribution in [2.75, 3.05) is 0 Å². The molecule has 3 heterocycles. The van der Waals surface area contributed by atoms with Crippen LogP contribution in [0.5, 0.6) is 0 Å². The Morgan fingerprint density at radius 3 is 2.61 bits per heavy atom. The molecule has 4 aromatic rings. The predicted octanol–water partition coefficient (Wildman–Crippen LogP) is 2.96. The number of non-ortho nitro benzene ring substituents is 1. The van der Waals surface area contributed by atoms with Crippen LogP contribution in [0, 0.1) is 17.0 Å². The number of rotatable bonds is 5. The second kappa shape index (κ2) is 7.94. The van der Waals surface area contributed by atoms with Crippen LogP contribution in [0.3, 0.4) is 0 Å². The Balaban J connectivity index is 1.94. The van der Waals surface area contributed by atoms with Gasteiger partial charge in [0.2, 0.25) is 0 Å². The van der Waals surface area contributed by atoms with Crippen LogP contribution in [0.4, 0.5) is 5.69 Å². The summed E-state index contributed by atoms with van der Waals surface area (Å²) in [6.45, 7) is 3.94. The van der Waals surface area contributed by atoms with Crippen LogP contribution in [-0.2, 0) is 6.54 Å². The molecule has 0 saturated heterocycles. The van der Waals surface area contributed by atoms with Gasteiger partial charge in [0.1, 0.15) is 0 Å². The van der Waals surface area contributed by atoms with Crippen LogP contribution in [-0.4, -0.2) is 24.0 Å². The van der Waals surface area contributed by atoms with Crippen LogP contribution >= 0.6 is 0 Å². The van der Waals surface area contributed by atoms with Crippen molar-refractivity contribution >= 4 is 16.7 Å². The summed E-state index contributed by atoms with van der Waals surface area (Å²) in [6.07, 6.45) is 3.16. The molecule has 4 rings (SSSR count). The lowest BCUT2D eigenvalue weighted by molar-refractivity contribution is -0.384. The third kappa shape index (κ3) is 3.73. The molecule has 9 heteroatoms. The highest BCUT2D eigenvalue weighted by Crippen LogP contribution is 2.19. The van der Waals surface area contributed by atoms with Crippen molar-refractivity contribution in [2.45, 2.75) is 26.3 Å². The van der Waals surface area contributed by atoms with E-state index in [-0.39, 0.29) is 34.9 Å². The molecule has 0 saturated carbocycles. The first-order valence-corrected chi connectivity index (χ1v) is 9.65. The Morgan fingerprint density at radius 1 is 1.06 bits per heavy atom. The number of fused-ring (bicyclic) bond motifs is 1. The quantitative estimate of drug-likeness (QED) is 0.364. The van der Waals surface area contributed by atoms with E-state index in [0.717, 1.165) is 15.8 Å². The molecular formula is C22H19N5O4. The third-order valence-electron chi connectivity index (χ3n) is 5.09. The number of nitro benzene ring substituents is 1. The summed E-state index contributed by atoms with van der Waals surface area (Å²) in [4.78, 5) is 45.8. The van der Waals surface area contributed by atoms with Crippen molar-refractivity contribution in [3.8, 4) is 5.69 Å². The van der Waals surface area contributed by atoms with Crippen molar-refractivity contribution in [3.05, 3.63) is 103 Å². The van der Waals surface area contributed by atoms with Crippen molar-refractivity contribution < 1.29 is 4.92 Å². The van der Waals surface area contributed by atoms with Gasteiger partial charge in [0.05, 0.1) is 16.0 Å². The fraction of sp³-hybridized carbons (Fsp3) is 0.182. The Kier molecular flexibility index (Phi) is 5.16. The molecule has 0 spiro atoms. The summed E-state index contributed by atoms with van der Waals surface area (Å²) in [5, 5.41) is 11.5. The number of nitrogens with zero attached hydrogens (tertiary/aromatic N) is 5. The van der Waals surface area contributed by atoms with Gasteiger partial charge in [0.15, 0.2) is 5.65 Å². The first-order valence-electron chi connectivity index (χ1n) is 9.65. The van der Waals surface area contributed by atoms with Gasteiger partial charge in [0.25, 0.3) is 11.2 Å². The van der Waals surface area contributed by atoms with Gasteiger partial charge in [-0.1, -0.05) is 13.0 Å². The van der Waals surface area contributed by atoms with Crippen LogP contribution in [0.15, 0.2) is 70.5 Å². The smallest absolute Gasteiger partial charge is 0.268 e. The van der Waals surface area contributed by atoms with E-state index in [1.165, 1.54) is 29.0 Å². The minimum Gasteiger partial charge on any atom is -0.268 e. The monoisotopic (exact) mass is 417 g/mol. The Bertz CT molecular complexity index is 1420. The number of hydrogen-bond acceptors (Lipinski definition) is 6. The molecule has 0 aliphatic carbocycles. The molecule has 31 heavy (non-hydrogen) atoms. The number of aryl methyl sites for hydroxylation is 1. The van der Waals surface area contributed by atoms with Gasteiger partial charge < -0.3 is 0 Å². The topological polar surface area (TPSA) is 113 Å². The lowest BCUT2D eigenvalue weighted by atomic mass is 10.1. The average Bonchev–Trinajstić information content (AvgIpc) is 2.77. The van der Waals surface area contributed by atoms with Crippen molar-refractivity contribution in [1.29, 1.82) is 0 Å². The van der Waals surface area contributed by atoms with Crippen LogP contribution < -0.4 is 11.2 Å². The molecule has 9 nitrogen and oxygen atoms in total. The van der Waals surface area contributed by atoms with Gasteiger partial charge in [0, 0.05) is 42.7 Å². The molecule has 0 N–H and O–H groups in total. The maximum Gasteiger partial charge on any atom is 0.337 e. The number of nitro groups is 1. The van der Waals surface area contributed by atoms with E-state index >= 15 is 0 Å². The highest BCUT2D eigenvalue weighted by Gasteiger charge is 2.19. The second-order valence-electron chi connectivity index (χ2n) is 7.34. The van der Waals surface area contributed by atoms with Crippen LogP contribution in [0.25, 0.3) is 16.7 Å². The van der Waals surface area contributed by atoms with Gasteiger partial charge in [-0.15, -0.1) is 0 Å². The van der Waals surface area contributed by atoms with Gasteiger partial charge in [-0.3, -0.25) is 24.5 Å². The van der Waals surface area contributed by atoms with Gasteiger partial charge >= 0.3 is 5.69 Å². The zero-order valence-corrected chi connectivity index (χ0v) is 16.9. The van der Waals surface area contributed by atoms with E-state index in [1.54, 1.807) is 24.4 Å². The molecule has 3 aromatic heterocycles. The third-order valence-corrected chi connectivity index (χ3v) is 5.09. The van der Waals surface area contributed by atoms with Gasteiger partial charge in [-0.2, -0.15) is 0 Å². The van der Waals surface area contributed by atoms with Gasteiger partial charge in [-0.25, -0.2) is 14.3 Å². The van der Waals surface area contributed by atoms with E-state index in [0.29, 0.717) is 0 Å². The van der Waals surface area contributed by atoms with Crippen molar-refractivity contribution in [2.24, 2.45) is 0 Å². The summed E-state index contributed by atoms with van der Waals surface area (Å²) < 4.78 is 2.37. The number of pyridine rings is 2. The molecule has 0 amide bonds. The standard InChI is InChI=1S/C22H19N5O4/c1-14-8-10-23-19(11-14)15(2)13-25-21(28)18-7-4-9-24-20(18)26(22(25)29)16-5-3-6-17(12-16)27(30)31/h3-12,15H,13H2,1-2H3. The Hall–Kier alpha value is -4.14. The van der Waals surface area contributed by atoms with Crippen LogP contribution in [0.1, 0.15) is 24.1 Å². The highest BCUT2D eigenvalue weighted by molar-refractivity contribution is 5.75. The summed E-state index contributed by atoms with van der Waals surface area (Å²) >= 11 is 0. The predicted molar refractivity (Wildman–Crippen MR) is 116 cm³/mol. The summed E-state index contributed by atoms with van der Waals surface area (Å²) in [5.41, 5.74) is 0.961. The van der Waals surface area contributed by atoms with Gasteiger partial charge in [-0.05, 0) is 42.8 Å². The van der Waals surface area contributed by atoms with E-state index in [2.05, 4.69) is 9.97 Å². The van der Waals surface area contributed by atoms with Crippen LogP contribution in [0.2, 0.25) is 0 Å². The summed E-state index contributed by atoms with van der Waals surface area (Å²) in [5.74, 6) is -0.210. The summed E-state index contributed by atoms with van der Waals surface area (Å²) in [6, 6.07) is 12.7. The molecule has 0 aliphatic rings. The fourth-order valence-corrected chi connectivity index (χ4v) is 3.52. The molecule has 0 bridgehead atoms. The molecule has 1 unspecified atom stereocenters. The molecular weight excluding hydrogens is 398 g/mol. The largest absolute Gasteiger partial charge is 0.337 e. The number of benzene rings is 1. The highest BCUT2D eigenvalue weighted by atomic mass is 16.6. The maximum absolute atomic E-state index is 13.4. The SMILES string of the molecule is Cc1ccnc(C(C)Cn2c(=O)c3cccnc3n(-c3cccc([N+](=O)[O-])c3)c2=O)c1. The minimum atomic E-state index is -0.615. The molecule has 0 radical (unpaired) electrons. The van der Waals surface area contributed by atoms with E-state index in [4.69, 9.17) is 0 Å². The summed E-state index contributed by atoms with van der Waals surface area (Å²) in [7, 11) is 0.